The van der Waals surface area contributed by atoms with Crippen molar-refractivity contribution in [2.24, 2.45) is 5.73 Å². The summed E-state index contributed by atoms with van der Waals surface area (Å²) in [6.45, 7) is 37.7. The van der Waals surface area contributed by atoms with Crippen LogP contribution in [0.3, 0.4) is 0 Å². The number of carbonyl (C=O) groups excluding carboxylic acids is 12. The summed E-state index contributed by atoms with van der Waals surface area (Å²) in [5.41, 5.74) is 7.04. The number of amides is 7. The van der Waals surface area contributed by atoms with Crippen LogP contribution >= 0.6 is 0 Å². The van der Waals surface area contributed by atoms with Crippen LogP contribution in [0.5, 0.6) is 0 Å². The van der Waals surface area contributed by atoms with E-state index in [4.69, 9.17) is 0 Å². The summed E-state index contributed by atoms with van der Waals surface area (Å²) in [5.74, 6) is 1.62. The molecule has 0 aromatic carbocycles. The van der Waals surface area contributed by atoms with E-state index in [-0.39, 0.29) is 104 Å². The number of rotatable bonds is 13. The van der Waals surface area contributed by atoms with Crippen LogP contribution in [0.15, 0.2) is 5.86 Å². The monoisotopic (exact) mass is 1320 g/mol. The van der Waals surface area contributed by atoms with E-state index >= 15 is 0 Å². The number of ether oxygens (including phenoxy) is 2. The molecule has 2 aliphatic heterocycles. The molecule has 3 heterocycles. The summed E-state index contributed by atoms with van der Waals surface area (Å²) in [6.07, 6.45) is 2.67. The average Bonchev–Trinajstić information content (AvgIpc) is 3.72. The molecule has 1 aromatic heterocycles. The number of methoxy groups -OCH3 is 2. The predicted molar refractivity (Wildman–Crippen MR) is 361 cm³/mol. The first kappa shape index (κ1) is 115. The van der Waals surface area contributed by atoms with Crippen LogP contribution in [-0.2, 0) is 126 Å². The minimum absolute atomic E-state index is 0. The van der Waals surface area contributed by atoms with Crippen molar-refractivity contribution in [1.82, 2.24) is 29.4 Å². The molecule has 7 amide bonds. The first-order chi connectivity index (χ1) is 40.1. The van der Waals surface area contributed by atoms with Gasteiger partial charge < -0.3 is 44.5 Å². The molecule has 3 rings (SSSR count). The molecule has 3 atom stereocenters. The van der Waals surface area contributed by atoms with Crippen molar-refractivity contribution >= 4 is 148 Å². The topological polar surface area (TPSA) is 348 Å². The van der Waals surface area contributed by atoms with Crippen molar-refractivity contribution in [1.29, 1.82) is 0 Å². The maximum absolute atomic E-state index is 11.0. The Kier molecular flexibility index (Phi) is 104. The van der Waals surface area contributed by atoms with Gasteiger partial charge in [-0.05, 0) is 41.0 Å². The second kappa shape index (κ2) is 80.7. The summed E-state index contributed by atoms with van der Waals surface area (Å²) in [7, 11) is 21.5. The normalized spacial score (nSPS) is 10.5. The summed E-state index contributed by atoms with van der Waals surface area (Å²) in [5, 5.41) is 0. The van der Waals surface area contributed by atoms with Crippen LogP contribution in [0.25, 0.3) is 0 Å². The number of hydrogen-bond donors (Lipinski definition) is 1. The van der Waals surface area contributed by atoms with Crippen LogP contribution in [0.4, 0.5) is 0 Å². The molecule has 0 aliphatic carbocycles. The van der Waals surface area contributed by atoms with Gasteiger partial charge >= 0.3 is 78.9 Å². The zero-order valence-corrected chi connectivity index (χ0v) is 60.2. The van der Waals surface area contributed by atoms with Crippen molar-refractivity contribution in [3.8, 4) is 0 Å². The molecule has 0 saturated carbocycles. The number of carbonyl (C=O) groups is 12. The number of fused-ring (bicyclic) bond motifs is 1. The maximum Gasteiger partial charge on any atom is 0.302 e. The third-order valence-corrected chi connectivity index (χ3v) is 11.0. The van der Waals surface area contributed by atoms with Crippen molar-refractivity contribution in [3.05, 3.63) is 16.8 Å². The minimum atomic E-state index is -1.41. The van der Waals surface area contributed by atoms with Gasteiger partial charge in [0.25, 0.3) is 0 Å². The molecule has 1 fully saturated rings. The predicted octanol–water partition coefficient (Wildman–Crippen LogP) is 1.33. The number of primary amides is 1. The zero-order chi connectivity index (χ0) is 71.7. The van der Waals surface area contributed by atoms with Crippen LogP contribution in [0.1, 0.15) is 142 Å². The Labute approximate surface area is 548 Å². The van der Waals surface area contributed by atoms with E-state index in [1.165, 1.54) is 155 Å². The first-order valence-electron chi connectivity index (χ1n) is 26.3. The number of nitrogens with zero attached hydrogens (tertiary/aromatic N) is 6. The largest absolute Gasteiger partial charge is 0.469 e. The van der Waals surface area contributed by atoms with E-state index in [1.807, 2.05) is 50.1 Å². The van der Waals surface area contributed by atoms with E-state index in [1.54, 1.807) is 42.0 Å². The van der Waals surface area contributed by atoms with Crippen molar-refractivity contribution < 1.29 is 92.2 Å². The molecule has 89 heavy (non-hydrogen) atoms. The van der Waals surface area contributed by atoms with Crippen LogP contribution in [0.2, 0.25) is 0 Å². The fraction of sp³-hybridized carbons (Fsp3) is 0.717. The molecule has 1 saturated heterocycles. The molecular formula is C53H108B6N7O20S3. The van der Waals surface area contributed by atoms with E-state index < -0.39 is 33.2 Å². The standard InChI is InChI=1S/C7H8B3NO.2C7H14N2O2.C5H9NO.2C4H8O3S.C4H8O2.C3H6O2.C3H6O.C2H5NO.C2H6O2S.2C2H6.CH4.B2.B/c1-5(12)11-2-6-7(3-11)10-9-4-8-6;2*1-6(10)8(3)5-9(4)7(2)11;1-5(7)6-3-2-4-6;2*1-4(5)3-8(6)7-2;1-4(5)3-6-2;1-3(4)5-2;1-3(2)4;1-2(3)4;1-4-5(2)3;2*1-2;;1-2;/h4H,2-3H2,1H3;2*5H2,1-4H3;2-4H2,1H3;2*3H2,1-2H3;3H2,1-2H3;1-2H3;1-2H3;1H3,(H2,3,4);1-2H3;2*1-2H3;1H4;;. The van der Waals surface area contributed by atoms with Gasteiger partial charge in [0, 0.05) is 127 Å². The summed E-state index contributed by atoms with van der Waals surface area (Å²) in [6, 6.07) is 0. The van der Waals surface area contributed by atoms with Crippen molar-refractivity contribution in [3.63, 3.8) is 0 Å². The van der Waals surface area contributed by atoms with Crippen LogP contribution in [0, 0.1) is 0 Å². The fourth-order valence-electron chi connectivity index (χ4n) is 3.87. The second-order valence-electron chi connectivity index (χ2n) is 16.7. The van der Waals surface area contributed by atoms with Gasteiger partial charge in [-0.25, -0.2) is 12.6 Å². The number of hydrogen-bond acceptors (Lipinski definition) is 20. The summed E-state index contributed by atoms with van der Waals surface area (Å²) >= 11 is -3.89. The van der Waals surface area contributed by atoms with Crippen molar-refractivity contribution in [2.45, 2.75) is 145 Å². The number of likely N-dealkylation sites (tertiary alicyclic amines) is 1. The van der Waals surface area contributed by atoms with E-state index in [0.717, 1.165) is 26.2 Å². The zero-order valence-electron chi connectivity index (χ0n) is 57.8. The number of esters is 1. The van der Waals surface area contributed by atoms with E-state index in [0.29, 0.717) is 13.3 Å². The third kappa shape index (κ3) is 108. The van der Waals surface area contributed by atoms with Crippen molar-refractivity contribution in [2.75, 3.05) is 115 Å². The SMILES string of the molecule is C.CC.CC.CC(=O)N(C)CN(C)C(C)=O.CC(=O)N(C)CN(C)C(C)=O.CC(=O)N1CCC1.CC(=O)N1Cc2bbcbc2C1.CC(C)=O.CC(N)=O.COC(C)=O.COCC(C)=O.COS(=O)CC(C)=O.COS(=O)CC(C)=O.COS(C)=O.[B].[B][B]. The van der Waals surface area contributed by atoms with Gasteiger partial charge in [-0.1, -0.05) is 35.1 Å². The molecule has 0 spiro atoms. The van der Waals surface area contributed by atoms with Crippen LogP contribution < -0.4 is 5.73 Å². The Morgan fingerprint density at radius 3 is 0.944 bits per heavy atom. The van der Waals surface area contributed by atoms with Gasteiger partial charge in [-0.2, -0.15) is 0 Å². The van der Waals surface area contributed by atoms with Gasteiger partial charge in [0.1, 0.15) is 35.5 Å². The molecule has 0 bridgehead atoms. The molecule has 1 aromatic rings. The Morgan fingerprint density at radius 2 is 0.820 bits per heavy atom. The second-order valence-corrected chi connectivity index (χ2v) is 20.3. The van der Waals surface area contributed by atoms with Gasteiger partial charge in [0.15, 0.2) is 39.0 Å². The Bertz CT molecular complexity index is 1980. The maximum atomic E-state index is 11.0. The number of Topliss-reactive ketones (excluding diaryl/α,β-unsaturated/α-hetero) is 4. The van der Waals surface area contributed by atoms with Gasteiger partial charge in [0.2, 0.25) is 35.4 Å². The quantitative estimate of drug-likeness (QED) is 0.165. The summed E-state index contributed by atoms with van der Waals surface area (Å²) in [4.78, 5) is 132. The third-order valence-electron chi connectivity index (χ3n) is 8.47. The molecule has 7 radical (unpaired) electrons. The van der Waals surface area contributed by atoms with Gasteiger partial charge in [-0.3, -0.25) is 60.5 Å². The smallest absolute Gasteiger partial charge is 0.302 e. The molecule has 27 nitrogen and oxygen atoms in total. The van der Waals surface area contributed by atoms with Crippen LogP contribution in [-0.4, -0.2) is 271 Å². The van der Waals surface area contributed by atoms with E-state index in [2.05, 4.69) is 56.9 Å². The first-order valence-corrected chi connectivity index (χ1v) is 30.3. The molecule has 511 valence electrons. The van der Waals surface area contributed by atoms with Gasteiger partial charge in [0.05, 0.1) is 41.8 Å². The fourth-order valence-corrected chi connectivity index (χ4v) is 4.77. The molecule has 3 unspecified atom stereocenters. The summed E-state index contributed by atoms with van der Waals surface area (Å²) < 4.78 is 51.7. The minimum Gasteiger partial charge on any atom is -0.469 e. The number of nitrogens with two attached hydrogens (primary N) is 1. The molecule has 2 N–H and O–H groups in total. The average molecular weight is 1320 g/mol. The molecule has 2 aliphatic rings. The van der Waals surface area contributed by atoms with Gasteiger partial charge in [-0.15, -0.1) is 0 Å². The molecular weight excluding hydrogens is 1220 g/mol. The Balaban J connectivity index is -0.0000000652. The Morgan fingerprint density at radius 1 is 0.551 bits per heavy atom. The van der Waals surface area contributed by atoms with E-state index in [9.17, 15) is 70.2 Å². The number of ketones is 4. The Hall–Kier alpha value is -5.27. The molecule has 36 heteroatoms.